The van der Waals surface area contributed by atoms with E-state index in [4.69, 9.17) is 9.47 Å². The molecule has 6 rings (SSSR count). The van der Waals surface area contributed by atoms with Gasteiger partial charge in [-0.05, 0) is 57.3 Å². The van der Waals surface area contributed by atoms with Crippen molar-refractivity contribution in [2.24, 2.45) is 0 Å². The predicted octanol–water partition coefficient (Wildman–Crippen LogP) is 6.30. The number of rotatable bonds is 10. The molecule has 0 unspecified atom stereocenters. The molecule has 0 spiro atoms. The van der Waals surface area contributed by atoms with Crippen LogP contribution in [0.25, 0.3) is 22.3 Å². The lowest BCUT2D eigenvalue weighted by Crippen LogP contribution is -2.42. The predicted molar refractivity (Wildman–Crippen MR) is 162 cm³/mol. The Kier molecular flexibility index (Phi) is 8.09. The monoisotopic (exact) mass is 576 g/mol. The maximum Gasteiger partial charge on any atom is 0.407 e. The van der Waals surface area contributed by atoms with Gasteiger partial charge in [-0.3, -0.25) is 0 Å². The van der Waals surface area contributed by atoms with Gasteiger partial charge in [-0.1, -0.05) is 97.1 Å². The highest BCUT2D eigenvalue weighted by molar-refractivity contribution is 5.81. The van der Waals surface area contributed by atoms with Crippen molar-refractivity contribution >= 4 is 18.2 Å². The molecule has 0 radical (unpaired) electrons. The van der Waals surface area contributed by atoms with Crippen LogP contribution >= 0.6 is 0 Å². The maximum absolute atomic E-state index is 12.6. The van der Waals surface area contributed by atoms with Gasteiger partial charge < -0.3 is 25.2 Å². The number of carbonyl (C=O) groups is 3. The molecule has 0 heterocycles. The minimum absolute atomic E-state index is 0.0454. The highest BCUT2D eigenvalue weighted by Crippen LogP contribution is 2.45. The molecule has 2 aliphatic carbocycles. The van der Waals surface area contributed by atoms with Crippen molar-refractivity contribution < 1.29 is 29.0 Å². The third-order valence-corrected chi connectivity index (χ3v) is 8.22. The van der Waals surface area contributed by atoms with Gasteiger partial charge in [0, 0.05) is 18.4 Å². The van der Waals surface area contributed by atoms with Gasteiger partial charge in [-0.2, -0.15) is 0 Å². The smallest absolute Gasteiger partial charge is 0.407 e. The summed E-state index contributed by atoms with van der Waals surface area (Å²) in [6.45, 7) is 0.489. The summed E-state index contributed by atoms with van der Waals surface area (Å²) in [5.74, 6) is -1.34. The molecule has 0 aromatic heterocycles. The molecule has 4 aromatic rings. The Morgan fingerprint density at radius 1 is 0.628 bits per heavy atom. The second-order valence-electron chi connectivity index (χ2n) is 10.8. The van der Waals surface area contributed by atoms with E-state index in [9.17, 15) is 19.5 Å². The fourth-order valence-corrected chi connectivity index (χ4v) is 6.19. The number of nitrogens with one attached hydrogen (secondary N) is 2. The number of hydrogen-bond donors (Lipinski definition) is 3. The number of carboxylic acid groups (broad SMARTS) is 1. The molecule has 4 aromatic carbocycles. The molecule has 3 N–H and O–H groups in total. The summed E-state index contributed by atoms with van der Waals surface area (Å²) in [7, 11) is 0. The van der Waals surface area contributed by atoms with E-state index in [1.807, 2.05) is 72.8 Å². The molecule has 1 atom stereocenters. The largest absolute Gasteiger partial charge is 0.480 e. The molecule has 8 heteroatoms. The van der Waals surface area contributed by atoms with Crippen molar-refractivity contribution in [2.45, 2.75) is 30.7 Å². The average molecular weight is 577 g/mol. The van der Waals surface area contributed by atoms with E-state index in [1.54, 1.807) is 0 Å². The van der Waals surface area contributed by atoms with E-state index in [2.05, 4.69) is 34.9 Å². The number of carboxylic acids is 1. The summed E-state index contributed by atoms with van der Waals surface area (Å²) in [6, 6.07) is 31.0. The van der Waals surface area contributed by atoms with Gasteiger partial charge in [0.05, 0.1) is 0 Å². The van der Waals surface area contributed by atoms with E-state index < -0.39 is 24.2 Å². The van der Waals surface area contributed by atoms with Crippen LogP contribution in [0.5, 0.6) is 0 Å². The summed E-state index contributed by atoms with van der Waals surface area (Å²) in [4.78, 5) is 36.8. The van der Waals surface area contributed by atoms with E-state index >= 15 is 0 Å². The number of carbonyl (C=O) groups excluding carboxylic acids is 2. The Hall–Kier alpha value is -5.11. The summed E-state index contributed by atoms with van der Waals surface area (Å²) in [5, 5.41) is 14.8. The topological polar surface area (TPSA) is 114 Å². The zero-order valence-corrected chi connectivity index (χ0v) is 23.5. The number of amides is 2. The first-order valence-electron chi connectivity index (χ1n) is 14.4. The van der Waals surface area contributed by atoms with Gasteiger partial charge >= 0.3 is 18.2 Å². The van der Waals surface area contributed by atoms with Crippen molar-refractivity contribution in [1.82, 2.24) is 10.6 Å². The average Bonchev–Trinajstić information content (AvgIpc) is 3.53. The molecule has 0 aliphatic heterocycles. The molecule has 8 nitrogen and oxygen atoms in total. The summed E-state index contributed by atoms with van der Waals surface area (Å²) in [5.41, 5.74) is 8.92. The van der Waals surface area contributed by atoms with Crippen LogP contribution in [-0.4, -0.2) is 49.1 Å². The number of fused-ring (bicyclic) bond motifs is 6. The number of benzene rings is 4. The molecule has 2 aliphatic rings. The van der Waals surface area contributed by atoms with Gasteiger partial charge in [0.1, 0.15) is 19.3 Å². The summed E-state index contributed by atoms with van der Waals surface area (Å²) in [6.07, 6.45) is -0.925. The Morgan fingerprint density at radius 3 is 1.44 bits per heavy atom. The minimum atomic E-state index is -1.17. The fourth-order valence-electron chi connectivity index (χ4n) is 6.19. The standard InChI is InChI=1S/C35H32N2O6/c38-33(39)32(37-35(41)43-21-31-28-16-7-3-12-24(28)25-13-4-8-17-29(25)31)18-9-19-36-34(40)42-20-30-26-14-5-1-10-22(26)23-11-2-6-15-27(23)30/h1-8,10-17,30-32H,9,18-21H2,(H,36,40)(H,37,41)(H,38,39)/t32-/m0/s1. The van der Waals surface area contributed by atoms with Crippen LogP contribution in [-0.2, 0) is 14.3 Å². The van der Waals surface area contributed by atoms with E-state index in [0.717, 1.165) is 44.5 Å². The zero-order chi connectivity index (χ0) is 29.8. The van der Waals surface area contributed by atoms with Crippen molar-refractivity contribution in [3.63, 3.8) is 0 Å². The summed E-state index contributed by atoms with van der Waals surface area (Å²) >= 11 is 0. The van der Waals surface area contributed by atoms with Crippen LogP contribution in [0.3, 0.4) is 0 Å². The van der Waals surface area contributed by atoms with E-state index in [1.165, 1.54) is 0 Å². The van der Waals surface area contributed by atoms with E-state index in [0.29, 0.717) is 6.42 Å². The first-order chi connectivity index (χ1) is 21.0. The molecular formula is C35H32N2O6. The summed E-state index contributed by atoms with van der Waals surface area (Å²) < 4.78 is 11.0. The molecule has 0 fully saturated rings. The van der Waals surface area contributed by atoms with Crippen LogP contribution in [0.2, 0.25) is 0 Å². The minimum Gasteiger partial charge on any atom is -0.480 e. The van der Waals surface area contributed by atoms with Crippen LogP contribution in [0.1, 0.15) is 46.9 Å². The van der Waals surface area contributed by atoms with Crippen LogP contribution in [0, 0.1) is 0 Å². The zero-order valence-electron chi connectivity index (χ0n) is 23.5. The third-order valence-electron chi connectivity index (χ3n) is 8.22. The Morgan fingerprint density at radius 2 is 1.02 bits per heavy atom. The fraction of sp³-hybridized carbons (Fsp3) is 0.229. The number of alkyl carbamates (subject to hydrolysis) is 2. The first kappa shape index (κ1) is 28.0. The molecule has 43 heavy (non-hydrogen) atoms. The van der Waals surface area contributed by atoms with Gasteiger partial charge in [0.15, 0.2) is 0 Å². The van der Waals surface area contributed by atoms with Crippen LogP contribution in [0.15, 0.2) is 97.1 Å². The van der Waals surface area contributed by atoms with Gasteiger partial charge in [0.2, 0.25) is 0 Å². The van der Waals surface area contributed by atoms with Crippen molar-refractivity contribution in [1.29, 1.82) is 0 Å². The van der Waals surface area contributed by atoms with Crippen LogP contribution < -0.4 is 10.6 Å². The SMILES string of the molecule is O=C(NCCC[C@H](NC(=O)OCC1c2ccccc2-c2ccccc21)C(=O)O)OCC1c2ccccc2-c2ccccc21. The first-order valence-corrected chi connectivity index (χ1v) is 14.4. The highest BCUT2D eigenvalue weighted by atomic mass is 16.6. The molecule has 218 valence electrons. The number of hydrogen-bond acceptors (Lipinski definition) is 5. The lowest BCUT2D eigenvalue weighted by molar-refractivity contribution is -0.139. The Labute approximate surface area is 249 Å². The highest BCUT2D eigenvalue weighted by Gasteiger charge is 2.31. The molecule has 0 bridgehead atoms. The van der Waals surface area contributed by atoms with Gasteiger partial charge in [-0.15, -0.1) is 0 Å². The normalized spacial score (nSPS) is 13.7. The molecule has 0 saturated carbocycles. The third kappa shape index (κ3) is 5.81. The van der Waals surface area contributed by atoms with Crippen molar-refractivity contribution in [2.75, 3.05) is 19.8 Å². The quantitative estimate of drug-likeness (QED) is 0.191. The van der Waals surface area contributed by atoms with Crippen molar-refractivity contribution in [3.8, 4) is 22.3 Å². The molecule has 2 amide bonds. The Balaban J connectivity index is 0.954. The van der Waals surface area contributed by atoms with Crippen molar-refractivity contribution in [3.05, 3.63) is 119 Å². The van der Waals surface area contributed by atoms with E-state index in [-0.39, 0.29) is 38.0 Å². The van der Waals surface area contributed by atoms with Gasteiger partial charge in [-0.25, -0.2) is 14.4 Å². The number of ether oxygens (including phenoxy) is 2. The number of aliphatic carboxylic acids is 1. The molecule has 0 saturated heterocycles. The second kappa shape index (κ2) is 12.4. The lowest BCUT2D eigenvalue weighted by Gasteiger charge is -2.18. The molecular weight excluding hydrogens is 544 g/mol. The lowest BCUT2D eigenvalue weighted by atomic mass is 9.98. The van der Waals surface area contributed by atoms with Crippen LogP contribution in [0.4, 0.5) is 9.59 Å². The van der Waals surface area contributed by atoms with Gasteiger partial charge in [0.25, 0.3) is 0 Å². The second-order valence-corrected chi connectivity index (χ2v) is 10.8. The Bertz CT molecular complexity index is 1580. The maximum atomic E-state index is 12.6.